The smallest absolute Gasteiger partial charge is 0.245 e. The average Bonchev–Trinajstić information content (AvgIpc) is 3.21. The zero-order valence-electron chi connectivity index (χ0n) is 17.4. The number of carbonyl (C=O) groups excluding carboxylic acids is 1. The first kappa shape index (κ1) is 20.3. The van der Waals surface area contributed by atoms with Crippen molar-refractivity contribution in [1.29, 1.82) is 0 Å². The Morgan fingerprint density at radius 2 is 2.00 bits per heavy atom. The van der Waals surface area contributed by atoms with Gasteiger partial charge in [0, 0.05) is 37.1 Å². The van der Waals surface area contributed by atoms with Crippen molar-refractivity contribution >= 4 is 16.9 Å². The number of likely N-dealkylation sites (N-methyl/N-ethyl adjacent to an activating group) is 1. The highest BCUT2D eigenvalue weighted by atomic mass is 16.5. The average molecular weight is 412 g/mol. The number of nitrogens with zero attached hydrogens (tertiary/aromatic N) is 3. The molecular weight excluding hydrogens is 388 g/mol. The van der Waals surface area contributed by atoms with Gasteiger partial charge in [-0.05, 0) is 36.3 Å². The number of aromatic amines is 1. The van der Waals surface area contributed by atoms with E-state index in [1.54, 1.807) is 30.5 Å². The molecular formula is C25H24N4O2. The van der Waals surface area contributed by atoms with E-state index >= 15 is 0 Å². The molecule has 1 N–H and O–H groups in total. The molecule has 0 fully saturated rings. The Kier molecular flexibility index (Phi) is 6.08. The van der Waals surface area contributed by atoms with Crippen LogP contribution in [0.2, 0.25) is 0 Å². The summed E-state index contributed by atoms with van der Waals surface area (Å²) in [4.78, 5) is 25.6. The summed E-state index contributed by atoms with van der Waals surface area (Å²) in [7, 11) is 1.75. The summed E-state index contributed by atoms with van der Waals surface area (Å²) in [5, 5.41) is 0. The van der Waals surface area contributed by atoms with Gasteiger partial charge in [0.15, 0.2) is 0 Å². The first-order valence-electron chi connectivity index (χ1n) is 10.2. The molecule has 1 aromatic carbocycles. The van der Waals surface area contributed by atoms with Crippen LogP contribution in [-0.2, 0) is 4.79 Å². The van der Waals surface area contributed by atoms with Crippen molar-refractivity contribution in [2.24, 2.45) is 0 Å². The maximum absolute atomic E-state index is 11.6. The van der Waals surface area contributed by atoms with Crippen LogP contribution in [0.4, 0.5) is 0 Å². The van der Waals surface area contributed by atoms with Crippen molar-refractivity contribution in [3.63, 3.8) is 0 Å². The number of aromatic nitrogens is 3. The number of ether oxygens (including phenoxy) is 1. The van der Waals surface area contributed by atoms with Crippen LogP contribution in [-0.4, -0.2) is 46.0 Å². The minimum absolute atomic E-state index is 0.0971. The largest absolute Gasteiger partial charge is 0.491 e. The Balaban J connectivity index is 1.65. The molecule has 3 aromatic heterocycles. The lowest BCUT2D eigenvalue weighted by atomic mass is 10.0. The molecule has 156 valence electrons. The quantitative estimate of drug-likeness (QED) is 0.336. The Bertz CT molecular complexity index is 1200. The number of benzene rings is 1. The van der Waals surface area contributed by atoms with Crippen molar-refractivity contribution in [3.05, 3.63) is 79.8 Å². The summed E-state index contributed by atoms with van der Waals surface area (Å²) >= 11 is 0. The van der Waals surface area contributed by atoms with E-state index in [1.807, 2.05) is 36.4 Å². The second kappa shape index (κ2) is 9.26. The maximum Gasteiger partial charge on any atom is 0.245 e. The molecule has 0 saturated heterocycles. The fraction of sp³-hybridized carbons (Fsp3) is 0.160. The van der Waals surface area contributed by atoms with Crippen LogP contribution < -0.4 is 4.74 Å². The van der Waals surface area contributed by atoms with Gasteiger partial charge in [0.1, 0.15) is 5.75 Å². The molecule has 4 rings (SSSR count). The SMILES string of the molecule is C=CC(=O)N(C)CCCOc1cnccc1-c1[nH]c2cccnc2c1-c1ccccc1. The minimum Gasteiger partial charge on any atom is -0.491 e. The summed E-state index contributed by atoms with van der Waals surface area (Å²) in [5.41, 5.74) is 5.84. The first-order valence-corrected chi connectivity index (χ1v) is 10.2. The van der Waals surface area contributed by atoms with E-state index in [4.69, 9.17) is 4.74 Å². The highest BCUT2D eigenvalue weighted by Gasteiger charge is 2.19. The van der Waals surface area contributed by atoms with Gasteiger partial charge in [-0.2, -0.15) is 0 Å². The van der Waals surface area contributed by atoms with Crippen LogP contribution >= 0.6 is 0 Å². The zero-order valence-corrected chi connectivity index (χ0v) is 17.4. The fourth-order valence-electron chi connectivity index (χ4n) is 3.56. The summed E-state index contributed by atoms with van der Waals surface area (Å²) in [6.07, 6.45) is 7.30. The van der Waals surface area contributed by atoms with Crippen molar-refractivity contribution < 1.29 is 9.53 Å². The lowest BCUT2D eigenvalue weighted by molar-refractivity contribution is -0.124. The van der Waals surface area contributed by atoms with Crippen molar-refractivity contribution in [3.8, 4) is 28.1 Å². The van der Waals surface area contributed by atoms with E-state index < -0.39 is 0 Å². The molecule has 0 aliphatic carbocycles. The number of rotatable bonds is 8. The van der Waals surface area contributed by atoms with Gasteiger partial charge in [-0.3, -0.25) is 14.8 Å². The monoisotopic (exact) mass is 412 g/mol. The van der Waals surface area contributed by atoms with E-state index in [-0.39, 0.29) is 5.91 Å². The second-order valence-electron chi connectivity index (χ2n) is 7.18. The predicted octanol–water partition coefficient (Wildman–Crippen LogP) is 4.71. The molecule has 3 heterocycles. The molecule has 6 nitrogen and oxygen atoms in total. The van der Waals surface area contributed by atoms with Crippen molar-refractivity contribution in [2.45, 2.75) is 6.42 Å². The number of hydrogen-bond donors (Lipinski definition) is 1. The standard InChI is InChI=1S/C25H24N4O2/c1-3-22(30)29(2)15-8-16-31-21-17-26-14-12-19(21)24-23(18-9-5-4-6-10-18)25-20(28-24)11-7-13-27-25/h3-7,9-14,17,28H,1,8,15-16H2,2H3. The van der Waals surface area contributed by atoms with Gasteiger partial charge < -0.3 is 14.6 Å². The topological polar surface area (TPSA) is 71.1 Å². The number of pyridine rings is 2. The third-order valence-electron chi connectivity index (χ3n) is 5.12. The van der Waals surface area contributed by atoms with E-state index in [9.17, 15) is 4.79 Å². The molecule has 0 saturated carbocycles. The second-order valence-corrected chi connectivity index (χ2v) is 7.18. The summed E-state index contributed by atoms with van der Waals surface area (Å²) in [6.45, 7) is 4.57. The van der Waals surface area contributed by atoms with Gasteiger partial charge in [-0.25, -0.2) is 0 Å². The molecule has 1 amide bonds. The minimum atomic E-state index is -0.0971. The molecule has 0 aliphatic heterocycles. The van der Waals surface area contributed by atoms with Crippen LogP contribution in [0.1, 0.15) is 6.42 Å². The maximum atomic E-state index is 11.6. The highest BCUT2D eigenvalue weighted by molar-refractivity contribution is 6.02. The lowest BCUT2D eigenvalue weighted by Crippen LogP contribution is -2.26. The van der Waals surface area contributed by atoms with Gasteiger partial charge in [-0.15, -0.1) is 0 Å². The predicted molar refractivity (Wildman–Crippen MR) is 123 cm³/mol. The number of H-pyrrole nitrogens is 1. The summed E-state index contributed by atoms with van der Waals surface area (Å²) < 4.78 is 6.08. The lowest BCUT2D eigenvalue weighted by Gasteiger charge is -2.16. The van der Waals surface area contributed by atoms with E-state index in [0.29, 0.717) is 25.3 Å². The van der Waals surface area contributed by atoms with Crippen LogP contribution in [0.25, 0.3) is 33.4 Å². The Hall–Kier alpha value is -3.93. The molecule has 31 heavy (non-hydrogen) atoms. The molecule has 0 atom stereocenters. The Labute approximate surface area is 181 Å². The number of nitrogens with one attached hydrogen (secondary N) is 1. The number of fused-ring (bicyclic) bond motifs is 1. The molecule has 0 spiro atoms. The van der Waals surface area contributed by atoms with Gasteiger partial charge in [0.2, 0.25) is 5.91 Å². The normalized spacial score (nSPS) is 10.7. The van der Waals surface area contributed by atoms with E-state index in [1.165, 1.54) is 6.08 Å². The van der Waals surface area contributed by atoms with Crippen molar-refractivity contribution in [2.75, 3.05) is 20.2 Å². The third-order valence-corrected chi connectivity index (χ3v) is 5.12. The Morgan fingerprint density at radius 3 is 2.81 bits per heavy atom. The third kappa shape index (κ3) is 4.33. The number of hydrogen-bond acceptors (Lipinski definition) is 4. The van der Waals surface area contributed by atoms with Crippen LogP contribution in [0.3, 0.4) is 0 Å². The van der Waals surface area contributed by atoms with Gasteiger partial charge in [0.25, 0.3) is 0 Å². The zero-order chi connectivity index (χ0) is 21.6. The molecule has 6 heteroatoms. The van der Waals surface area contributed by atoms with Crippen LogP contribution in [0.5, 0.6) is 5.75 Å². The first-order chi connectivity index (χ1) is 15.2. The summed E-state index contributed by atoms with van der Waals surface area (Å²) in [6, 6.07) is 16.1. The molecule has 0 aliphatic rings. The highest BCUT2D eigenvalue weighted by Crippen LogP contribution is 2.40. The number of amides is 1. The van der Waals surface area contributed by atoms with Gasteiger partial charge >= 0.3 is 0 Å². The summed E-state index contributed by atoms with van der Waals surface area (Å²) in [5.74, 6) is 0.587. The van der Waals surface area contributed by atoms with Gasteiger partial charge in [-0.1, -0.05) is 36.9 Å². The van der Waals surface area contributed by atoms with Crippen LogP contribution in [0, 0.1) is 0 Å². The molecule has 0 radical (unpaired) electrons. The number of carbonyl (C=O) groups is 1. The fourth-order valence-corrected chi connectivity index (χ4v) is 3.56. The van der Waals surface area contributed by atoms with E-state index in [2.05, 4.69) is 33.7 Å². The molecule has 4 aromatic rings. The molecule has 0 bridgehead atoms. The van der Waals surface area contributed by atoms with Crippen molar-refractivity contribution in [1.82, 2.24) is 19.9 Å². The molecule has 0 unspecified atom stereocenters. The van der Waals surface area contributed by atoms with Gasteiger partial charge in [0.05, 0.1) is 29.5 Å². The van der Waals surface area contributed by atoms with Crippen LogP contribution in [0.15, 0.2) is 79.8 Å². The van der Waals surface area contributed by atoms with E-state index in [0.717, 1.165) is 33.4 Å². The Morgan fingerprint density at radius 1 is 1.16 bits per heavy atom.